The molecule has 0 saturated heterocycles. The molecular formula is C17H24N2O2. The number of aromatic nitrogens is 1. The van der Waals surface area contributed by atoms with E-state index in [4.69, 9.17) is 4.52 Å². The molecule has 0 radical (unpaired) electrons. The highest BCUT2D eigenvalue weighted by Crippen LogP contribution is 2.24. The van der Waals surface area contributed by atoms with Crippen molar-refractivity contribution < 1.29 is 9.32 Å². The Morgan fingerprint density at radius 2 is 2.05 bits per heavy atom. The summed E-state index contributed by atoms with van der Waals surface area (Å²) in [4.78, 5) is 12.0. The van der Waals surface area contributed by atoms with Gasteiger partial charge in [0, 0.05) is 11.9 Å². The average Bonchev–Trinajstić information content (AvgIpc) is 2.81. The van der Waals surface area contributed by atoms with Gasteiger partial charge in [0.15, 0.2) is 5.58 Å². The molecule has 114 valence electrons. The van der Waals surface area contributed by atoms with Crippen molar-refractivity contribution in [2.24, 2.45) is 0 Å². The minimum absolute atomic E-state index is 0.0154. The Hall–Kier alpha value is -1.84. The summed E-state index contributed by atoms with van der Waals surface area (Å²) >= 11 is 0. The van der Waals surface area contributed by atoms with E-state index in [0.29, 0.717) is 0 Å². The molecule has 0 aliphatic heterocycles. The third-order valence-corrected chi connectivity index (χ3v) is 3.67. The SMILES string of the molecule is CCCCCCNC(=O)Cc1noc2cc(C)cc(C)c12. The Labute approximate surface area is 125 Å². The maximum Gasteiger partial charge on any atom is 0.226 e. The fourth-order valence-electron chi connectivity index (χ4n) is 2.64. The Morgan fingerprint density at radius 3 is 2.81 bits per heavy atom. The highest BCUT2D eigenvalue weighted by atomic mass is 16.5. The third kappa shape index (κ3) is 4.06. The van der Waals surface area contributed by atoms with Gasteiger partial charge in [0.2, 0.25) is 5.91 Å². The standard InChI is InChI=1S/C17H24N2O2/c1-4-5-6-7-8-18-16(20)11-14-17-13(3)9-12(2)10-15(17)21-19-14/h9-10H,4-8,11H2,1-3H3,(H,18,20). The highest BCUT2D eigenvalue weighted by molar-refractivity contribution is 5.88. The summed E-state index contributed by atoms with van der Waals surface area (Å²) in [5, 5.41) is 7.99. The number of nitrogens with zero attached hydrogens (tertiary/aromatic N) is 1. The van der Waals surface area contributed by atoms with Crippen LogP contribution < -0.4 is 5.32 Å². The van der Waals surface area contributed by atoms with E-state index in [1.54, 1.807) is 0 Å². The number of benzene rings is 1. The van der Waals surface area contributed by atoms with Crippen molar-refractivity contribution in [2.45, 2.75) is 52.9 Å². The molecule has 0 atom stereocenters. The van der Waals surface area contributed by atoms with Crippen molar-refractivity contribution in [2.75, 3.05) is 6.54 Å². The van der Waals surface area contributed by atoms with Crippen molar-refractivity contribution in [1.29, 1.82) is 0 Å². The van der Waals surface area contributed by atoms with Gasteiger partial charge in [0.25, 0.3) is 0 Å². The van der Waals surface area contributed by atoms with Gasteiger partial charge in [-0.25, -0.2) is 0 Å². The fraction of sp³-hybridized carbons (Fsp3) is 0.529. The van der Waals surface area contributed by atoms with Crippen molar-refractivity contribution in [3.8, 4) is 0 Å². The minimum Gasteiger partial charge on any atom is -0.356 e. The van der Waals surface area contributed by atoms with E-state index in [0.717, 1.165) is 40.8 Å². The van der Waals surface area contributed by atoms with E-state index in [2.05, 4.69) is 23.5 Å². The summed E-state index contributed by atoms with van der Waals surface area (Å²) in [6.45, 7) is 6.97. The molecule has 0 saturated carbocycles. The molecule has 1 aromatic carbocycles. The number of hydrogen-bond acceptors (Lipinski definition) is 3. The van der Waals surface area contributed by atoms with Crippen molar-refractivity contribution >= 4 is 16.9 Å². The molecule has 0 unspecified atom stereocenters. The van der Waals surface area contributed by atoms with Crippen molar-refractivity contribution in [3.05, 3.63) is 29.0 Å². The molecular weight excluding hydrogens is 264 g/mol. The molecule has 4 heteroatoms. The summed E-state index contributed by atoms with van der Waals surface area (Å²) in [7, 11) is 0. The highest BCUT2D eigenvalue weighted by Gasteiger charge is 2.14. The molecule has 0 aliphatic carbocycles. The second-order valence-corrected chi connectivity index (χ2v) is 5.67. The van der Waals surface area contributed by atoms with E-state index < -0.39 is 0 Å². The van der Waals surface area contributed by atoms with Crippen LogP contribution >= 0.6 is 0 Å². The van der Waals surface area contributed by atoms with Gasteiger partial charge in [-0.2, -0.15) is 0 Å². The lowest BCUT2D eigenvalue weighted by Gasteiger charge is -2.04. The van der Waals surface area contributed by atoms with Gasteiger partial charge in [-0.1, -0.05) is 37.4 Å². The van der Waals surface area contributed by atoms with Crippen LogP contribution in [0.4, 0.5) is 0 Å². The van der Waals surface area contributed by atoms with E-state index in [9.17, 15) is 4.79 Å². The van der Waals surface area contributed by atoms with Gasteiger partial charge in [-0.05, 0) is 37.5 Å². The lowest BCUT2D eigenvalue weighted by molar-refractivity contribution is -0.120. The second-order valence-electron chi connectivity index (χ2n) is 5.67. The van der Waals surface area contributed by atoms with E-state index in [-0.39, 0.29) is 12.3 Å². The van der Waals surface area contributed by atoms with Gasteiger partial charge in [-0.3, -0.25) is 4.79 Å². The summed E-state index contributed by atoms with van der Waals surface area (Å²) in [6, 6.07) is 4.05. The quantitative estimate of drug-likeness (QED) is 0.791. The second kappa shape index (κ2) is 7.25. The van der Waals surface area contributed by atoms with E-state index in [1.165, 1.54) is 19.3 Å². The fourth-order valence-corrected chi connectivity index (χ4v) is 2.64. The van der Waals surface area contributed by atoms with Crippen LogP contribution in [-0.4, -0.2) is 17.6 Å². The summed E-state index contributed by atoms with van der Waals surface area (Å²) < 4.78 is 5.34. The number of aryl methyl sites for hydroxylation is 2. The van der Waals surface area contributed by atoms with Gasteiger partial charge in [0.05, 0.1) is 6.42 Å². The smallest absolute Gasteiger partial charge is 0.226 e. The monoisotopic (exact) mass is 288 g/mol. The van der Waals surface area contributed by atoms with Crippen LogP contribution in [0.15, 0.2) is 16.7 Å². The number of carbonyl (C=O) groups is 1. The zero-order valence-electron chi connectivity index (χ0n) is 13.2. The van der Waals surface area contributed by atoms with Gasteiger partial charge in [0.1, 0.15) is 5.69 Å². The topological polar surface area (TPSA) is 55.1 Å². The van der Waals surface area contributed by atoms with E-state index in [1.807, 2.05) is 19.9 Å². The van der Waals surface area contributed by atoms with Crippen LogP contribution in [0.3, 0.4) is 0 Å². The number of amides is 1. The maximum absolute atomic E-state index is 12.0. The lowest BCUT2D eigenvalue weighted by Crippen LogP contribution is -2.26. The average molecular weight is 288 g/mol. The van der Waals surface area contributed by atoms with E-state index >= 15 is 0 Å². The van der Waals surface area contributed by atoms with Crippen LogP contribution in [0.1, 0.15) is 49.4 Å². The van der Waals surface area contributed by atoms with Crippen LogP contribution in [0.5, 0.6) is 0 Å². The van der Waals surface area contributed by atoms with Gasteiger partial charge < -0.3 is 9.84 Å². The minimum atomic E-state index is 0.0154. The molecule has 0 aliphatic rings. The first-order chi connectivity index (χ1) is 10.1. The molecule has 0 fully saturated rings. The molecule has 2 aromatic rings. The third-order valence-electron chi connectivity index (χ3n) is 3.67. The van der Waals surface area contributed by atoms with Crippen LogP contribution in [-0.2, 0) is 11.2 Å². The summed E-state index contributed by atoms with van der Waals surface area (Å²) in [6.07, 6.45) is 4.92. The number of hydrogen-bond donors (Lipinski definition) is 1. The number of unbranched alkanes of at least 4 members (excludes halogenated alkanes) is 3. The zero-order valence-corrected chi connectivity index (χ0v) is 13.2. The van der Waals surface area contributed by atoms with Crippen molar-refractivity contribution in [3.63, 3.8) is 0 Å². The number of rotatable bonds is 7. The number of nitrogens with one attached hydrogen (secondary N) is 1. The first-order valence-corrected chi connectivity index (χ1v) is 7.74. The van der Waals surface area contributed by atoms with Crippen LogP contribution in [0.2, 0.25) is 0 Å². The first-order valence-electron chi connectivity index (χ1n) is 7.74. The molecule has 1 aromatic heterocycles. The van der Waals surface area contributed by atoms with Crippen molar-refractivity contribution in [1.82, 2.24) is 10.5 Å². The number of fused-ring (bicyclic) bond motifs is 1. The molecule has 4 nitrogen and oxygen atoms in total. The Morgan fingerprint density at radius 1 is 1.24 bits per heavy atom. The Kier molecular flexibility index (Phi) is 5.37. The van der Waals surface area contributed by atoms with Gasteiger partial charge >= 0.3 is 0 Å². The molecule has 1 N–H and O–H groups in total. The van der Waals surface area contributed by atoms with Crippen LogP contribution in [0.25, 0.3) is 11.0 Å². The molecule has 0 spiro atoms. The molecule has 0 bridgehead atoms. The summed E-state index contributed by atoms with van der Waals surface area (Å²) in [5.74, 6) is 0.0154. The largest absolute Gasteiger partial charge is 0.356 e. The van der Waals surface area contributed by atoms with Crippen LogP contribution in [0, 0.1) is 13.8 Å². The molecule has 1 amide bonds. The number of carbonyl (C=O) groups excluding carboxylic acids is 1. The van der Waals surface area contributed by atoms with Gasteiger partial charge in [-0.15, -0.1) is 0 Å². The molecule has 1 heterocycles. The normalized spacial score (nSPS) is 11.0. The summed E-state index contributed by atoms with van der Waals surface area (Å²) in [5.41, 5.74) is 3.74. The lowest BCUT2D eigenvalue weighted by atomic mass is 10.0. The maximum atomic E-state index is 12.0. The first kappa shape index (κ1) is 15.5. The Bertz CT molecular complexity index is 617. The Balaban J connectivity index is 1.95. The molecule has 2 rings (SSSR count). The molecule has 21 heavy (non-hydrogen) atoms. The zero-order chi connectivity index (χ0) is 15.2. The predicted octanol–water partition coefficient (Wildman–Crippen LogP) is 3.68. The predicted molar refractivity (Wildman–Crippen MR) is 84.3 cm³/mol.